The zero-order valence-electron chi connectivity index (χ0n) is 19.3. The number of phenolic OH excluding ortho intramolecular Hbond substituents is 1. The lowest BCUT2D eigenvalue weighted by Crippen LogP contribution is -2.53. The van der Waals surface area contributed by atoms with E-state index in [2.05, 4.69) is 10.6 Å². The van der Waals surface area contributed by atoms with E-state index in [1.165, 1.54) is 13.1 Å². The highest BCUT2D eigenvalue weighted by Gasteiger charge is 2.35. The number of likely N-dealkylation sites (N-methyl/N-ethyl adjacent to an activating group) is 1. The minimum atomic E-state index is -1.31. The summed E-state index contributed by atoms with van der Waals surface area (Å²) in [6, 6.07) is 3.84. The number of aromatic hydroxyl groups is 1. The molecule has 0 aliphatic heterocycles. The zero-order chi connectivity index (χ0) is 23.9. The molecule has 0 heterocycles. The van der Waals surface area contributed by atoms with Gasteiger partial charge in [0.15, 0.2) is 0 Å². The molecule has 0 bridgehead atoms. The quantitative estimate of drug-likeness (QED) is 0.505. The van der Waals surface area contributed by atoms with Crippen LogP contribution < -0.4 is 10.6 Å². The van der Waals surface area contributed by atoms with Crippen LogP contribution in [0.3, 0.4) is 0 Å². The average Bonchev–Trinajstić information content (AvgIpc) is 2.72. The lowest BCUT2D eigenvalue weighted by atomic mass is 9.94. The minimum Gasteiger partial charge on any atom is -0.508 e. The van der Waals surface area contributed by atoms with Gasteiger partial charge in [0.05, 0.1) is 6.61 Å². The van der Waals surface area contributed by atoms with Gasteiger partial charge in [-0.05, 0) is 39.7 Å². The number of amides is 3. The molecule has 4 N–H and O–H groups in total. The molecule has 1 saturated carbocycles. The van der Waals surface area contributed by atoms with Crippen LogP contribution >= 0.6 is 0 Å². The summed E-state index contributed by atoms with van der Waals surface area (Å²) in [5, 5.41) is 25.4. The van der Waals surface area contributed by atoms with Crippen LogP contribution in [-0.2, 0) is 14.3 Å². The number of hydrogen-bond acceptors (Lipinski definition) is 6. The molecule has 2 rings (SSSR count). The summed E-state index contributed by atoms with van der Waals surface area (Å²) in [5.41, 5.74) is -0.525. The molecule has 9 nitrogen and oxygen atoms in total. The molecule has 0 radical (unpaired) electrons. The molecular weight excluding hydrogens is 414 g/mol. The molecule has 32 heavy (non-hydrogen) atoms. The van der Waals surface area contributed by atoms with Gasteiger partial charge in [-0.15, -0.1) is 0 Å². The van der Waals surface area contributed by atoms with Crippen molar-refractivity contribution >= 4 is 17.9 Å². The fourth-order valence-electron chi connectivity index (χ4n) is 3.78. The lowest BCUT2D eigenvalue weighted by Gasteiger charge is -2.33. The molecular formula is C23H35N3O6. The van der Waals surface area contributed by atoms with Crippen molar-refractivity contribution in [2.75, 3.05) is 13.7 Å². The summed E-state index contributed by atoms with van der Waals surface area (Å²) in [4.78, 5) is 39.6. The van der Waals surface area contributed by atoms with Crippen LogP contribution in [0.25, 0.3) is 0 Å². The van der Waals surface area contributed by atoms with Gasteiger partial charge >= 0.3 is 6.09 Å². The molecule has 0 spiro atoms. The van der Waals surface area contributed by atoms with Gasteiger partial charge in [0.25, 0.3) is 0 Å². The van der Waals surface area contributed by atoms with Crippen LogP contribution in [0, 0.1) is 0 Å². The number of rotatable bonds is 7. The highest BCUT2D eigenvalue weighted by atomic mass is 16.6. The number of carbonyl (C=O) groups is 3. The summed E-state index contributed by atoms with van der Waals surface area (Å²) in [6.45, 7) is 4.36. The third kappa shape index (κ3) is 7.12. The second-order valence-corrected chi connectivity index (χ2v) is 9.14. The van der Waals surface area contributed by atoms with E-state index in [-0.39, 0.29) is 17.4 Å². The van der Waals surface area contributed by atoms with Crippen molar-refractivity contribution in [1.29, 1.82) is 0 Å². The number of alkyl carbamates (subject to hydrolysis) is 1. The molecule has 178 valence electrons. The normalized spacial score (nSPS) is 16.5. The first-order valence-electron chi connectivity index (χ1n) is 11.0. The molecule has 2 atom stereocenters. The number of ether oxygens (including phenoxy) is 1. The summed E-state index contributed by atoms with van der Waals surface area (Å²) < 4.78 is 5.16. The highest BCUT2D eigenvalue weighted by Crippen LogP contribution is 2.29. The first-order valence-corrected chi connectivity index (χ1v) is 11.0. The molecule has 1 aliphatic carbocycles. The maximum atomic E-state index is 13.2. The van der Waals surface area contributed by atoms with Crippen LogP contribution in [0.5, 0.6) is 5.75 Å². The number of hydrogen-bond donors (Lipinski definition) is 4. The smallest absolute Gasteiger partial charge is 0.408 e. The molecule has 3 amide bonds. The summed E-state index contributed by atoms with van der Waals surface area (Å²) in [7, 11) is 1.40. The van der Waals surface area contributed by atoms with Gasteiger partial charge in [0.1, 0.15) is 23.4 Å². The maximum Gasteiger partial charge on any atom is 0.408 e. The van der Waals surface area contributed by atoms with E-state index in [4.69, 9.17) is 4.74 Å². The Morgan fingerprint density at radius 3 is 2.34 bits per heavy atom. The Morgan fingerprint density at radius 1 is 1.16 bits per heavy atom. The van der Waals surface area contributed by atoms with Crippen molar-refractivity contribution in [1.82, 2.24) is 15.5 Å². The van der Waals surface area contributed by atoms with Gasteiger partial charge in [0, 0.05) is 18.7 Å². The molecule has 1 aromatic carbocycles. The standard InChI is InChI=1S/C23H35N3O6/c1-23(2,3)32-22(31)25-17(14-27)21(30)26(4)19(16-12-8-9-13-18(16)28)20(29)24-15-10-6-5-7-11-15/h8-9,12-13,15,17,19,27-28H,5-7,10-11,14H2,1-4H3,(H,24,29)(H,25,31). The van der Waals surface area contributed by atoms with Gasteiger partial charge < -0.3 is 30.5 Å². The summed E-state index contributed by atoms with van der Waals surface area (Å²) in [6.07, 6.45) is 4.03. The molecule has 9 heteroatoms. The Morgan fingerprint density at radius 2 is 1.78 bits per heavy atom. The second kappa shape index (κ2) is 11.2. The van der Waals surface area contributed by atoms with E-state index < -0.39 is 42.2 Å². The van der Waals surface area contributed by atoms with E-state index in [0.717, 1.165) is 37.0 Å². The number of nitrogens with one attached hydrogen (secondary N) is 2. The minimum absolute atomic E-state index is 0.00151. The first kappa shape index (κ1) is 25.5. The maximum absolute atomic E-state index is 13.2. The van der Waals surface area contributed by atoms with E-state index in [1.807, 2.05) is 0 Å². The number of aliphatic hydroxyl groups excluding tert-OH is 1. The van der Waals surface area contributed by atoms with Crippen molar-refractivity contribution in [3.8, 4) is 5.75 Å². The van der Waals surface area contributed by atoms with Gasteiger partial charge in [-0.25, -0.2) is 4.79 Å². The largest absolute Gasteiger partial charge is 0.508 e. The number of aliphatic hydroxyl groups is 1. The number of para-hydroxylation sites is 1. The van der Waals surface area contributed by atoms with Gasteiger partial charge in [0.2, 0.25) is 11.8 Å². The van der Waals surface area contributed by atoms with Gasteiger partial charge in [-0.2, -0.15) is 0 Å². The van der Waals surface area contributed by atoms with Crippen LogP contribution in [-0.4, -0.2) is 64.4 Å². The van der Waals surface area contributed by atoms with E-state index in [0.29, 0.717) is 0 Å². The Balaban J connectivity index is 2.24. The fraction of sp³-hybridized carbons (Fsp3) is 0.609. The topological polar surface area (TPSA) is 128 Å². The molecule has 2 unspecified atom stereocenters. The van der Waals surface area contributed by atoms with Gasteiger partial charge in [-0.1, -0.05) is 37.5 Å². The Bertz CT molecular complexity index is 801. The number of nitrogens with zero attached hydrogens (tertiary/aromatic N) is 1. The molecule has 0 saturated heterocycles. The number of carbonyl (C=O) groups excluding carboxylic acids is 3. The Labute approximate surface area is 189 Å². The highest BCUT2D eigenvalue weighted by molar-refractivity contribution is 5.92. The molecule has 1 fully saturated rings. The van der Waals surface area contributed by atoms with Crippen molar-refractivity contribution in [2.45, 2.75) is 76.6 Å². The number of benzene rings is 1. The molecule has 1 aromatic rings. The van der Waals surface area contributed by atoms with Crippen LogP contribution in [0.4, 0.5) is 4.79 Å². The lowest BCUT2D eigenvalue weighted by molar-refractivity contribution is -0.142. The predicted molar refractivity (Wildman–Crippen MR) is 119 cm³/mol. The fourth-order valence-corrected chi connectivity index (χ4v) is 3.78. The SMILES string of the molecule is CN(C(=O)C(CO)NC(=O)OC(C)(C)C)C(C(=O)NC1CCCCC1)c1ccccc1O. The predicted octanol–water partition coefficient (Wildman–Crippen LogP) is 2.23. The second-order valence-electron chi connectivity index (χ2n) is 9.14. The van der Waals surface area contributed by atoms with Crippen LogP contribution in [0.15, 0.2) is 24.3 Å². The molecule has 1 aliphatic rings. The zero-order valence-corrected chi connectivity index (χ0v) is 19.3. The van der Waals surface area contributed by atoms with E-state index >= 15 is 0 Å². The van der Waals surface area contributed by atoms with Crippen LogP contribution in [0.2, 0.25) is 0 Å². The first-order chi connectivity index (χ1) is 15.0. The summed E-state index contributed by atoms with van der Waals surface area (Å²) >= 11 is 0. The van der Waals surface area contributed by atoms with Crippen LogP contribution in [0.1, 0.15) is 64.5 Å². The average molecular weight is 450 g/mol. The monoisotopic (exact) mass is 449 g/mol. The number of phenols is 1. The molecule has 0 aromatic heterocycles. The van der Waals surface area contributed by atoms with Crippen molar-refractivity contribution in [3.63, 3.8) is 0 Å². The third-order valence-electron chi connectivity index (χ3n) is 5.34. The third-order valence-corrected chi connectivity index (χ3v) is 5.34. The Kier molecular flexibility index (Phi) is 8.89. The van der Waals surface area contributed by atoms with Crippen molar-refractivity contribution in [3.05, 3.63) is 29.8 Å². The van der Waals surface area contributed by atoms with E-state index in [1.54, 1.807) is 39.0 Å². The van der Waals surface area contributed by atoms with Crippen molar-refractivity contribution in [2.24, 2.45) is 0 Å². The van der Waals surface area contributed by atoms with E-state index in [9.17, 15) is 24.6 Å². The summed E-state index contributed by atoms with van der Waals surface area (Å²) in [5.74, 6) is -1.25. The Hall–Kier alpha value is -2.81. The van der Waals surface area contributed by atoms with Gasteiger partial charge in [-0.3, -0.25) is 9.59 Å². The van der Waals surface area contributed by atoms with Crippen molar-refractivity contribution < 1.29 is 29.3 Å².